The first-order valence-electron chi connectivity index (χ1n) is 5.98. The zero-order valence-electron chi connectivity index (χ0n) is 10.5. The molecule has 1 aliphatic heterocycles. The molecule has 2 aromatic rings. The summed E-state index contributed by atoms with van der Waals surface area (Å²) in [6.45, 7) is 3.85. The van der Waals surface area contributed by atoms with Gasteiger partial charge in [0.15, 0.2) is 0 Å². The van der Waals surface area contributed by atoms with Crippen molar-refractivity contribution in [3.05, 3.63) is 34.3 Å². The van der Waals surface area contributed by atoms with Crippen molar-refractivity contribution in [3.63, 3.8) is 0 Å². The molecule has 2 heterocycles. The van der Waals surface area contributed by atoms with Gasteiger partial charge in [0, 0.05) is 18.7 Å². The molecule has 0 saturated heterocycles. The molecule has 0 amide bonds. The average Bonchev–Trinajstić information content (AvgIpc) is 2.84. The van der Waals surface area contributed by atoms with Crippen LogP contribution in [0.4, 0.5) is 5.13 Å². The van der Waals surface area contributed by atoms with Gasteiger partial charge >= 0.3 is 0 Å². The maximum absolute atomic E-state index is 5.41. The van der Waals surface area contributed by atoms with Gasteiger partial charge in [-0.1, -0.05) is 23.5 Å². The highest BCUT2D eigenvalue weighted by atomic mass is 32.1. The monoisotopic (exact) mass is 261 g/mol. The molecule has 0 radical (unpaired) electrons. The molecule has 0 bridgehead atoms. The minimum Gasteiger partial charge on any atom is -0.496 e. The highest BCUT2D eigenvalue weighted by Gasteiger charge is 2.21. The van der Waals surface area contributed by atoms with Gasteiger partial charge in [-0.25, -0.2) is 0 Å². The summed E-state index contributed by atoms with van der Waals surface area (Å²) in [5.74, 6) is 1.00. The molecule has 1 aliphatic rings. The van der Waals surface area contributed by atoms with Crippen LogP contribution in [0.2, 0.25) is 0 Å². The smallest absolute Gasteiger partial charge is 0.208 e. The molecule has 94 valence electrons. The van der Waals surface area contributed by atoms with Crippen molar-refractivity contribution in [1.29, 1.82) is 0 Å². The molecule has 0 N–H and O–H groups in total. The van der Waals surface area contributed by atoms with E-state index in [-0.39, 0.29) is 0 Å². The lowest BCUT2D eigenvalue weighted by atomic mass is 9.99. The molecule has 18 heavy (non-hydrogen) atoms. The largest absolute Gasteiger partial charge is 0.496 e. The lowest BCUT2D eigenvalue weighted by molar-refractivity contribution is 0.407. The number of aryl methyl sites for hydroxylation is 1. The van der Waals surface area contributed by atoms with E-state index in [0.29, 0.717) is 0 Å². The van der Waals surface area contributed by atoms with Crippen LogP contribution in [0.5, 0.6) is 5.75 Å². The van der Waals surface area contributed by atoms with Gasteiger partial charge < -0.3 is 9.64 Å². The number of nitrogens with zero attached hydrogens (tertiary/aromatic N) is 3. The highest BCUT2D eigenvalue weighted by Crippen LogP contribution is 2.31. The number of benzene rings is 1. The van der Waals surface area contributed by atoms with E-state index in [1.165, 1.54) is 11.1 Å². The van der Waals surface area contributed by atoms with E-state index in [0.717, 1.165) is 35.4 Å². The van der Waals surface area contributed by atoms with Gasteiger partial charge in [0.05, 0.1) is 7.11 Å². The molecule has 0 spiro atoms. The number of methoxy groups -OCH3 is 1. The standard InChI is InChI=1S/C13H15N3OS/c1-9-14-15-13(18-9)16-7-6-11-10(8-16)4-3-5-12(11)17-2/h3-5H,6-8H2,1-2H3. The third-order valence-corrected chi connectivity index (χ3v) is 4.13. The topological polar surface area (TPSA) is 38.2 Å². The normalized spacial score (nSPS) is 14.4. The van der Waals surface area contributed by atoms with Crippen molar-refractivity contribution in [2.45, 2.75) is 19.9 Å². The Morgan fingerprint density at radius 1 is 1.33 bits per heavy atom. The van der Waals surface area contributed by atoms with Gasteiger partial charge in [-0.2, -0.15) is 0 Å². The van der Waals surface area contributed by atoms with Crippen LogP contribution in [0.1, 0.15) is 16.1 Å². The van der Waals surface area contributed by atoms with Gasteiger partial charge in [-0.3, -0.25) is 0 Å². The SMILES string of the molecule is COc1cccc2c1CCN(c1nnc(C)s1)C2. The van der Waals surface area contributed by atoms with Crippen LogP contribution in [0.25, 0.3) is 0 Å². The maximum Gasteiger partial charge on any atom is 0.208 e. The van der Waals surface area contributed by atoms with Crippen LogP contribution >= 0.6 is 11.3 Å². The molecule has 1 aromatic carbocycles. The van der Waals surface area contributed by atoms with Crippen LogP contribution < -0.4 is 9.64 Å². The van der Waals surface area contributed by atoms with E-state index in [1.807, 2.05) is 19.1 Å². The molecular formula is C13H15N3OS. The van der Waals surface area contributed by atoms with Crippen molar-refractivity contribution < 1.29 is 4.74 Å². The van der Waals surface area contributed by atoms with E-state index in [9.17, 15) is 0 Å². The minimum atomic E-state index is 0.890. The Hall–Kier alpha value is -1.62. The third-order valence-electron chi connectivity index (χ3n) is 3.23. The molecule has 0 fully saturated rings. The summed E-state index contributed by atoms with van der Waals surface area (Å²) in [5, 5.41) is 10.3. The van der Waals surface area contributed by atoms with Gasteiger partial charge in [-0.15, -0.1) is 10.2 Å². The zero-order chi connectivity index (χ0) is 12.5. The van der Waals surface area contributed by atoms with E-state index in [2.05, 4.69) is 21.2 Å². The third kappa shape index (κ3) is 1.95. The molecule has 3 rings (SSSR count). The molecule has 5 heteroatoms. The second-order valence-corrected chi connectivity index (χ2v) is 5.53. The van der Waals surface area contributed by atoms with E-state index in [4.69, 9.17) is 4.74 Å². The second kappa shape index (κ2) is 4.57. The van der Waals surface area contributed by atoms with Crippen molar-refractivity contribution in [2.24, 2.45) is 0 Å². The average molecular weight is 261 g/mol. The van der Waals surface area contributed by atoms with Crippen molar-refractivity contribution in [2.75, 3.05) is 18.6 Å². The van der Waals surface area contributed by atoms with E-state index in [1.54, 1.807) is 18.4 Å². The Labute approximate surface area is 110 Å². The number of ether oxygens (including phenoxy) is 1. The van der Waals surface area contributed by atoms with Gasteiger partial charge in [0.1, 0.15) is 10.8 Å². The summed E-state index contributed by atoms with van der Waals surface area (Å²) >= 11 is 1.65. The number of rotatable bonds is 2. The molecule has 0 unspecified atom stereocenters. The van der Waals surface area contributed by atoms with Crippen LogP contribution in [-0.2, 0) is 13.0 Å². The Bertz CT molecular complexity index is 567. The lowest BCUT2D eigenvalue weighted by Crippen LogP contribution is -2.30. The fourth-order valence-electron chi connectivity index (χ4n) is 2.34. The van der Waals surface area contributed by atoms with Gasteiger partial charge in [-0.05, 0) is 25.0 Å². The van der Waals surface area contributed by atoms with Crippen molar-refractivity contribution >= 4 is 16.5 Å². The Morgan fingerprint density at radius 3 is 2.94 bits per heavy atom. The summed E-state index contributed by atoms with van der Waals surface area (Å²) in [5.41, 5.74) is 2.66. The van der Waals surface area contributed by atoms with Crippen LogP contribution in [-0.4, -0.2) is 23.9 Å². The first kappa shape index (κ1) is 11.5. The molecule has 4 nitrogen and oxygen atoms in total. The van der Waals surface area contributed by atoms with Crippen LogP contribution in [0.15, 0.2) is 18.2 Å². The van der Waals surface area contributed by atoms with Gasteiger partial charge in [0.2, 0.25) is 5.13 Å². The van der Waals surface area contributed by atoms with E-state index >= 15 is 0 Å². The molecule has 0 aliphatic carbocycles. The Kier molecular flexibility index (Phi) is 2.91. The van der Waals surface area contributed by atoms with Crippen molar-refractivity contribution in [1.82, 2.24) is 10.2 Å². The number of fused-ring (bicyclic) bond motifs is 1. The summed E-state index contributed by atoms with van der Waals surface area (Å²) < 4.78 is 5.41. The summed E-state index contributed by atoms with van der Waals surface area (Å²) in [7, 11) is 1.73. The lowest BCUT2D eigenvalue weighted by Gasteiger charge is -2.28. The molecular weight excluding hydrogens is 246 g/mol. The Balaban J connectivity index is 1.89. The number of anilines is 1. The number of hydrogen-bond donors (Lipinski definition) is 0. The van der Waals surface area contributed by atoms with Crippen LogP contribution in [0.3, 0.4) is 0 Å². The Morgan fingerprint density at radius 2 is 2.22 bits per heavy atom. The minimum absolute atomic E-state index is 0.890. The fraction of sp³-hybridized carbons (Fsp3) is 0.385. The molecule has 0 saturated carbocycles. The summed E-state index contributed by atoms with van der Waals surface area (Å²) in [4.78, 5) is 2.28. The zero-order valence-corrected chi connectivity index (χ0v) is 11.3. The highest BCUT2D eigenvalue weighted by molar-refractivity contribution is 7.15. The number of aromatic nitrogens is 2. The first-order valence-corrected chi connectivity index (χ1v) is 6.79. The van der Waals surface area contributed by atoms with Crippen LogP contribution in [0, 0.1) is 6.92 Å². The molecule has 1 aromatic heterocycles. The second-order valence-electron chi connectivity index (χ2n) is 4.37. The number of hydrogen-bond acceptors (Lipinski definition) is 5. The fourth-order valence-corrected chi connectivity index (χ4v) is 3.06. The van der Waals surface area contributed by atoms with Gasteiger partial charge in [0.25, 0.3) is 0 Å². The molecule has 0 atom stereocenters. The predicted molar refractivity (Wildman–Crippen MR) is 72.4 cm³/mol. The predicted octanol–water partition coefficient (Wildman–Crippen LogP) is 2.42. The summed E-state index contributed by atoms with van der Waals surface area (Å²) in [6.07, 6.45) is 0.998. The summed E-state index contributed by atoms with van der Waals surface area (Å²) in [6, 6.07) is 6.24. The quantitative estimate of drug-likeness (QED) is 0.832. The maximum atomic E-state index is 5.41. The van der Waals surface area contributed by atoms with Crippen molar-refractivity contribution in [3.8, 4) is 5.75 Å². The first-order chi connectivity index (χ1) is 8.78. The van der Waals surface area contributed by atoms with E-state index < -0.39 is 0 Å².